The molecule has 7 heteroatoms. The summed E-state index contributed by atoms with van der Waals surface area (Å²) < 4.78 is 52.6. The zero-order valence-corrected chi connectivity index (χ0v) is 12.0. The molecule has 0 amide bonds. The van der Waals surface area contributed by atoms with E-state index in [-0.39, 0.29) is 6.04 Å². The fourth-order valence-electron chi connectivity index (χ4n) is 1.90. The largest absolute Gasteiger partial charge is 0.394 e. The van der Waals surface area contributed by atoms with Crippen molar-refractivity contribution in [1.29, 1.82) is 0 Å². The zero-order valence-electron chi connectivity index (χ0n) is 11.2. The summed E-state index contributed by atoms with van der Waals surface area (Å²) in [6.07, 6.45) is 1.20. The smallest absolute Gasteiger partial charge is 0.246 e. The number of nitrogen functional groups attached to an aromatic ring is 1. The number of nitrogens with zero attached hydrogens (tertiary/aromatic N) is 1. The summed E-state index contributed by atoms with van der Waals surface area (Å²) in [5.74, 6) is -2.21. The Balaban J connectivity index is 3.32. The lowest BCUT2D eigenvalue weighted by Crippen LogP contribution is -2.36. The number of rotatable bonds is 5. The molecule has 2 N–H and O–H groups in total. The minimum absolute atomic E-state index is 0.240. The molecule has 0 atom stereocenters. The highest BCUT2D eigenvalue weighted by Crippen LogP contribution is 2.26. The van der Waals surface area contributed by atoms with E-state index in [1.165, 1.54) is 7.05 Å². The molecule has 0 aliphatic heterocycles. The molecule has 0 saturated heterocycles. The van der Waals surface area contributed by atoms with Gasteiger partial charge in [-0.3, -0.25) is 0 Å². The molecule has 0 aliphatic rings. The van der Waals surface area contributed by atoms with Gasteiger partial charge in [0.15, 0.2) is 5.82 Å². The van der Waals surface area contributed by atoms with Crippen LogP contribution < -0.4 is 5.73 Å². The van der Waals surface area contributed by atoms with Crippen LogP contribution in [-0.4, -0.2) is 25.8 Å². The molecule has 108 valence electrons. The van der Waals surface area contributed by atoms with Gasteiger partial charge >= 0.3 is 0 Å². The van der Waals surface area contributed by atoms with Crippen molar-refractivity contribution >= 4 is 15.7 Å². The van der Waals surface area contributed by atoms with Crippen LogP contribution in [0.15, 0.2) is 17.0 Å². The number of sulfonamides is 1. The molecule has 0 heterocycles. The van der Waals surface area contributed by atoms with Gasteiger partial charge in [-0.05, 0) is 25.0 Å². The summed E-state index contributed by atoms with van der Waals surface area (Å²) in [6.45, 7) is 3.69. The minimum Gasteiger partial charge on any atom is -0.394 e. The maximum atomic E-state index is 13.8. The first-order valence-corrected chi connectivity index (χ1v) is 7.42. The third-order valence-electron chi connectivity index (χ3n) is 3.20. The SMILES string of the molecule is CCC(CC)N(C)S(=O)(=O)c1ccc(F)c(N)c1F. The molecular formula is C12H18F2N2O2S. The molecule has 19 heavy (non-hydrogen) atoms. The van der Waals surface area contributed by atoms with E-state index in [0.29, 0.717) is 12.8 Å². The van der Waals surface area contributed by atoms with Gasteiger partial charge in [0, 0.05) is 13.1 Å². The summed E-state index contributed by atoms with van der Waals surface area (Å²) in [5.41, 5.74) is 4.41. The van der Waals surface area contributed by atoms with Crippen molar-refractivity contribution in [1.82, 2.24) is 4.31 Å². The van der Waals surface area contributed by atoms with Crippen molar-refractivity contribution in [3.05, 3.63) is 23.8 Å². The summed E-state index contributed by atoms with van der Waals surface area (Å²) in [7, 11) is -2.64. The van der Waals surface area contributed by atoms with Gasteiger partial charge < -0.3 is 5.73 Å². The van der Waals surface area contributed by atoms with E-state index >= 15 is 0 Å². The number of nitrogens with two attached hydrogens (primary N) is 1. The van der Waals surface area contributed by atoms with Gasteiger partial charge in [0.05, 0.1) is 0 Å². The van der Waals surface area contributed by atoms with E-state index in [4.69, 9.17) is 5.73 Å². The van der Waals surface area contributed by atoms with E-state index in [1.807, 2.05) is 13.8 Å². The van der Waals surface area contributed by atoms with Crippen LogP contribution in [0.5, 0.6) is 0 Å². The lowest BCUT2D eigenvalue weighted by molar-refractivity contribution is 0.348. The van der Waals surface area contributed by atoms with Crippen LogP contribution in [0.2, 0.25) is 0 Å². The number of hydrogen-bond acceptors (Lipinski definition) is 3. The van der Waals surface area contributed by atoms with Gasteiger partial charge in [0.2, 0.25) is 10.0 Å². The van der Waals surface area contributed by atoms with Gasteiger partial charge in [0.25, 0.3) is 0 Å². The fraction of sp³-hybridized carbons (Fsp3) is 0.500. The van der Waals surface area contributed by atoms with Crippen molar-refractivity contribution in [3.8, 4) is 0 Å². The van der Waals surface area contributed by atoms with Gasteiger partial charge in [0.1, 0.15) is 16.4 Å². The Morgan fingerprint density at radius 3 is 2.26 bits per heavy atom. The average molecular weight is 292 g/mol. The molecule has 0 saturated carbocycles. The monoisotopic (exact) mass is 292 g/mol. The summed E-state index contributed by atoms with van der Waals surface area (Å²) in [6, 6.07) is 1.51. The van der Waals surface area contributed by atoms with Crippen LogP contribution in [0.1, 0.15) is 26.7 Å². The quantitative estimate of drug-likeness (QED) is 0.847. The molecule has 0 unspecified atom stereocenters. The predicted octanol–water partition coefficient (Wildman–Crippen LogP) is 2.36. The second-order valence-electron chi connectivity index (χ2n) is 4.26. The first kappa shape index (κ1) is 15.8. The highest BCUT2D eigenvalue weighted by Gasteiger charge is 2.30. The highest BCUT2D eigenvalue weighted by atomic mass is 32.2. The molecule has 1 aromatic rings. The Labute approximate surface area is 112 Å². The normalized spacial score (nSPS) is 12.4. The van der Waals surface area contributed by atoms with Crippen molar-refractivity contribution in [2.24, 2.45) is 0 Å². The molecule has 1 aromatic carbocycles. The number of halogens is 2. The third-order valence-corrected chi connectivity index (χ3v) is 5.13. The van der Waals surface area contributed by atoms with Gasteiger partial charge in [-0.1, -0.05) is 13.8 Å². The maximum Gasteiger partial charge on any atom is 0.246 e. The average Bonchev–Trinajstić information content (AvgIpc) is 2.37. The molecule has 0 radical (unpaired) electrons. The highest BCUT2D eigenvalue weighted by molar-refractivity contribution is 7.89. The second-order valence-corrected chi connectivity index (χ2v) is 6.23. The number of anilines is 1. The first-order valence-electron chi connectivity index (χ1n) is 5.98. The number of hydrogen-bond donors (Lipinski definition) is 1. The van der Waals surface area contributed by atoms with Crippen LogP contribution in [-0.2, 0) is 10.0 Å². The Morgan fingerprint density at radius 1 is 1.26 bits per heavy atom. The van der Waals surface area contributed by atoms with Crippen LogP contribution >= 0.6 is 0 Å². The molecule has 0 aliphatic carbocycles. The van der Waals surface area contributed by atoms with Gasteiger partial charge in [-0.2, -0.15) is 4.31 Å². The fourth-order valence-corrected chi connectivity index (χ4v) is 3.48. The second kappa shape index (κ2) is 5.83. The van der Waals surface area contributed by atoms with E-state index in [1.54, 1.807) is 0 Å². The predicted molar refractivity (Wildman–Crippen MR) is 70.1 cm³/mol. The Bertz CT molecular complexity index is 557. The summed E-state index contributed by atoms with van der Waals surface area (Å²) >= 11 is 0. The van der Waals surface area contributed by atoms with E-state index in [2.05, 4.69) is 0 Å². The first-order chi connectivity index (χ1) is 8.77. The van der Waals surface area contributed by atoms with E-state index in [9.17, 15) is 17.2 Å². The van der Waals surface area contributed by atoms with Crippen molar-refractivity contribution in [2.45, 2.75) is 37.6 Å². The Kier molecular flexibility index (Phi) is 4.86. The zero-order chi connectivity index (χ0) is 14.8. The lowest BCUT2D eigenvalue weighted by atomic mass is 10.2. The third kappa shape index (κ3) is 2.87. The molecule has 0 fully saturated rings. The van der Waals surface area contributed by atoms with Crippen LogP contribution in [0.25, 0.3) is 0 Å². The molecule has 0 bridgehead atoms. The van der Waals surface area contributed by atoms with E-state index < -0.39 is 32.2 Å². The van der Waals surface area contributed by atoms with Crippen LogP contribution in [0, 0.1) is 11.6 Å². The minimum atomic E-state index is -4.02. The summed E-state index contributed by atoms with van der Waals surface area (Å²) in [5, 5.41) is 0. The molecule has 4 nitrogen and oxygen atoms in total. The molecule has 0 aromatic heterocycles. The van der Waals surface area contributed by atoms with Gasteiger partial charge in [-0.15, -0.1) is 0 Å². The Morgan fingerprint density at radius 2 is 1.79 bits per heavy atom. The van der Waals surface area contributed by atoms with Gasteiger partial charge in [-0.25, -0.2) is 17.2 Å². The standard InChI is InChI=1S/C12H18F2N2O2S/c1-4-8(5-2)16(3)19(17,18)10-7-6-9(13)12(15)11(10)14/h6-8H,4-5,15H2,1-3H3. The maximum absolute atomic E-state index is 13.8. The molecule has 0 spiro atoms. The van der Waals surface area contributed by atoms with Crippen LogP contribution in [0.3, 0.4) is 0 Å². The Hall–Kier alpha value is -1.21. The van der Waals surface area contributed by atoms with Crippen molar-refractivity contribution in [3.63, 3.8) is 0 Å². The van der Waals surface area contributed by atoms with Crippen molar-refractivity contribution in [2.75, 3.05) is 12.8 Å². The van der Waals surface area contributed by atoms with Crippen molar-refractivity contribution < 1.29 is 17.2 Å². The summed E-state index contributed by atoms with van der Waals surface area (Å²) in [4.78, 5) is -0.596. The molecule has 1 rings (SSSR count). The molecular weight excluding hydrogens is 274 g/mol. The lowest BCUT2D eigenvalue weighted by Gasteiger charge is -2.25. The number of benzene rings is 1. The topological polar surface area (TPSA) is 63.4 Å². The van der Waals surface area contributed by atoms with Crippen LogP contribution in [0.4, 0.5) is 14.5 Å². The van der Waals surface area contributed by atoms with E-state index in [0.717, 1.165) is 16.4 Å².